The Labute approximate surface area is 93.2 Å². The number of phenols is 1. The summed E-state index contributed by atoms with van der Waals surface area (Å²) in [6.45, 7) is -0.132. The summed E-state index contributed by atoms with van der Waals surface area (Å²) in [5.74, 6) is 0.132. The van der Waals surface area contributed by atoms with Gasteiger partial charge in [-0.3, -0.25) is 0 Å². The molecule has 0 amide bonds. The third-order valence-electron chi connectivity index (χ3n) is 1.66. The first kappa shape index (κ1) is 12.7. The number of benzene rings is 1. The van der Waals surface area contributed by atoms with Crippen LogP contribution >= 0.6 is 0 Å². The summed E-state index contributed by atoms with van der Waals surface area (Å²) >= 11 is 0. The van der Waals surface area contributed by atoms with Gasteiger partial charge in [0.05, 0.1) is 18.9 Å². The predicted molar refractivity (Wildman–Crippen MR) is 56.7 cm³/mol. The Hall–Kier alpha value is -1.34. The molecule has 1 aromatic rings. The number of aliphatic hydroxyl groups excluding tert-OH is 2. The van der Waals surface area contributed by atoms with Gasteiger partial charge < -0.3 is 15.3 Å². The molecule has 0 bridgehead atoms. The van der Waals surface area contributed by atoms with E-state index in [4.69, 9.17) is 25.0 Å². The van der Waals surface area contributed by atoms with E-state index in [-0.39, 0.29) is 32.2 Å². The molecule has 0 aromatic heterocycles. The second kappa shape index (κ2) is 7.02. The lowest BCUT2D eigenvalue weighted by Gasteiger charge is -2.21. The minimum atomic E-state index is -0.142. The maximum Gasteiger partial charge on any atom is 0.115 e. The van der Waals surface area contributed by atoms with Gasteiger partial charge in [-0.05, 0) is 24.3 Å². The SMILES string of the molecule is OCCON(OCCO)c1ccc(O)cc1. The van der Waals surface area contributed by atoms with E-state index in [0.29, 0.717) is 5.69 Å². The molecule has 0 saturated heterocycles. The van der Waals surface area contributed by atoms with Gasteiger partial charge in [0.2, 0.25) is 0 Å². The number of aliphatic hydroxyl groups is 2. The zero-order chi connectivity index (χ0) is 11.8. The van der Waals surface area contributed by atoms with Crippen LogP contribution in [0, 0.1) is 0 Å². The standard InChI is InChI=1S/C10H15NO5/c12-5-7-15-11(16-8-6-13)9-1-3-10(14)4-2-9/h1-4,12-14H,5-8H2. The molecular weight excluding hydrogens is 214 g/mol. The highest BCUT2D eigenvalue weighted by molar-refractivity contribution is 5.44. The zero-order valence-electron chi connectivity index (χ0n) is 8.74. The first-order valence-corrected chi connectivity index (χ1v) is 4.84. The monoisotopic (exact) mass is 229 g/mol. The molecule has 0 unspecified atom stereocenters. The van der Waals surface area contributed by atoms with E-state index in [1.165, 1.54) is 12.1 Å². The third kappa shape index (κ3) is 4.03. The third-order valence-corrected chi connectivity index (χ3v) is 1.66. The van der Waals surface area contributed by atoms with E-state index >= 15 is 0 Å². The van der Waals surface area contributed by atoms with Crippen molar-refractivity contribution < 1.29 is 25.0 Å². The smallest absolute Gasteiger partial charge is 0.115 e. The highest BCUT2D eigenvalue weighted by Gasteiger charge is 2.07. The molecule has 16 heavy (non-hydrogen) atoms. The second-order valence-corrected chi connectivity index (χ2v) is 2.89. The topological polar surface area (TPSA) is 82.4 Å². The predicted octanol–water partition coefficient (Wildman–Crippen LogP) is 0.0464. The van der Waals surface area contributed by atoms with Crippen LogP contribution in [0.5, 0.6) is 5.75 Å². The summed E-state index contributed by atoms with van der Waals surface area (Å²) in [7, 11) is 0. The number of rotatable bonds is 7. The van der Waals surface area contributed by atoms with Crippen molar-refractivity contribution >= 4 is 5.69 Å². The number of hydrogen-bond donors (Lipinski definition) is 3. The van der Waals surface area contributed by atoms with Gasteiger partial charge in [-0.25, -0.2) is 9.68 Å². The van der Waals surface area contributed by atoms with Crippen molar-refractivity contribution in [2.75, 3.05) is 31.7 Å². The molecule has 1 rings (SSSR count). The highest BCUT2D eigenvalue weighted by Crippen LogP contribution is 2.18. The molecule has 0 aliphatic rings. The highest BCUT2D eigenvalue weighted by atomic mass is 16.9. The van der Waals surface area contributed by atoms with E-state index in [1.54, 1.807) is 12.1 Å². The maximum atomic E-state index is 9.11. The van der Waals surface area contributed by atoms with Gasteiger partial charge in [0.1, 0.15) is 19.0 Å². The normalized spacial score (nSPS) is 10.4. The summed E-state index contributed by atoms with van der Waals surface area (Å²) in [6, 6.07) is 6.13. The van der Waals surface area contributed by atoms with Gasteiger partial charge in [-0.15, -0.1) is 5.23 Å². The van der Waals surface area contributed by atoms with E-state index in [2.05, 4.69) is 0 Å². The molecule has 0 radical (unpaired) electrons. The minimum Gasteiger partial charge on any atom is -0.508 e. The quantitative estimate of drug-likeness (QED) is 0.573. The lowest BCUT2D eigenvalue weighted by atomic mass is 10.3. The van der Waals surface area contributed by atoms with Crippen LogP contribution in [0.3, 0.4) is 0 Å². The average Bonchev–Trinajstić information content (AvgIpc) is 2.31. The van der Waals surface area contributed by atoms with Crippen LogP contribution < -0.4 is 5.23 Å². The van der Waals surface area contributed by atoms with Gasteiger partial charge in [-0.1, -0.05) is 0 Å². The maximum absolute atomic E-state index is 9.11. The van der Waals surface area contributed by atoms with E-state index in [1.807, 2.05) is 0 Å². The van der Waals surface area contributed by atoms with Gasteiger partial charge in [0, 0.05) is 0 Å². The molecule has 1 aromatic carbocycles. The lowest BCUT2D eigenvalue weighted by Crippen LogP contribution is -2.26. The molecule has 6 nitrogen and oxygen atoms in total. The Kier molecular flexibility index (Phi) is 5.58. The van der Waals surface area contributed by atoms with Crippen LogP contribution in [0.25, 0.3) is 0 Å². The van der Waals surface area contributed by atoms with E-state index < -0.39 is 0 Å². The summed E-state index contributed by atoms with van der Waals surface area (Å²) in [4.78, 5) is 10.2. The molecular formula is C10H15NO5. The average molecular weight is 229 g/mol. The largest absolute Gasteiger partial charge is 0.508 e. The molecule has 0 fully saturated rings. The fourth-order valence-electron chi connectivity index (χ4n) is 1.01. The van der Waals surface area contributed by atoms with Gasteiger partial charge in [0.25, 0.3) is 0 Å². The first-order chi connectivity index (χ1) is 7.77. The van der Waals surface area contributed by atoms with Crippen LogP contribution in [0.15, 0.2) is 24.3 Å². The zero-order valence-corrected chi connectivity index (χ0v) is 8.74. The number of hydrogen-bond acceptors (Lipinski definition) is 6. The van der Waals surface area contributed by atoms with Crippen molar-refractivity contribution in [2.24, 2.45) is 0 Å². The van der Waals surface area contributed by atoms with Crippen molar-refractivity contribution in [3.8, 4) is 5.75 Å². The van der Waals surface area contributed by atoms with Crippen LogP contribution in [0.1, 0.15) is 0 Å². The van der Waals surface area contributed by atoms with Crippen LogP contribution in [0.2, 0.25) is 0 Å². The Morgan fingerprint density at radius 3 is 1.88 bits per heavy atom. The van der Waals surface area contributed by atoms with Crippen molar-refractivity contribution in [1.82, 2.24) is 0 Å². The lowest BCUT2D eigenvalue weighted by molar-refractivity contribution is -0.103. The van der Waals surface area contributed by atoms with E-state index in [0.717, 1.165) is 5.23 Å². The fourth-order valence-corrected chi connectivity index (χ4v) is 1.01. The van der Waals surface area contributed by atoms with Crippen molar-refractivity contribution in [1.29, 1.82) is 0 Å². The molecule has 0 atom stereocenters. The number of anilines is 1. The van der Waals surface area contributed by atoms with Gasteiger partial charge >= 0.3 is 0 Å². The number of aromatic hydroxyl groups is 1. The number of nitrogens with zero attached hydrogens (tertiary/aromatic N) is 1. The summed E-state index contributed by atoms with van der Waals surface area (Å²) in [5.41, 5.74) is 0.555. The van der Waals surface area contributed by atoms with Crippen molar-refractivity contribution in [3.05, 3.63) is 24.3 Å². The fraction of sp³-hybridized carbons (Fsp3) is 0.400. The summed E-state index contributed by atoms with van der Waals surface area (Å²) in [6.07, 6.45) is 0. The summed E-state index contributed by atoms with van der Waals surface area (Å²) < 4.78 is 0. The first-order valence-electron chi connectivity index (χ1n) is 4.84. The summed E-state index contributed by atoms with van der Waals surface area (Å²) in [5, 5.41) is 27.5. The van der Waals surface area contributed by atoms with Crippen LogP contribution in [0.4, 0.5) is 5.69 Å². The minimum absolute atomic E-state index is 0.0757. The molecule has 90 valence electrons. The van der Waals surface area contributed by atoms with E-state index in [9.17, 15) is 0 Å². The molecule has 0 aliphatic heterocycles. The number of phenolic OH excluding ortho intramolecular Hbond substituents is 1. The van der Waals surface area contributed by atoms with Crippen molar-refractivity contribution in [3.63, 3.8) is 0 Å². The molecule has 6 heteroatoms. The van der Waals surface area contributed by atoms with Gasteiger partial charge in [0.15, 0.2) is 0 Å². The van der Waals surface area contributed by atoms with Crippen LogP contribution in [-0.2, 0) is 9.68 Å². The molecule has 0 aliphatic carbocycles. The molecule has 0 spiro atoms. The Morgan fingerprint density at radius 2 is 1.44 bits per heavy atom. The Bertz CT molecular complexity index is 282. The Morgan fingerprint density at radius 1 is 0.938 bits per heavy atom. The van der Waals surface area contributed by atoms with Gasteiger partial charge in [-0.2, -0.15) is 0 Å². The molecule has 0 heterocycles. The molecule has 0 saturated carbocycles. The Balaban J connectivity index is 2.62. The second-order valence-electron chi connectivity index (χ2n) is 2.89. The van der Waals surface area contributed by atoms with Crippen molar-refractivity contribution in [2.45, 2.75) is 0 Å². The van der Waals surface area contributed by atoms with Crippen LogP contribution in [-0.4, -0.2) is 41.7 Å². The molecule has 3 N–H and O–H groups in total.